The molecule has 0 saturated carbocycles. The Balaban J connectivity index is 1.87. The molecule has 0 amide bonds. The highest BCUT2D eigenvalue weighted by molar-refractivity contribution is 7.13. The van der Waals surface area contributed by atoms with Crippen molar-refractivity contribution in [1.82, 2.24) is 15.1 Å². The minimum Gasteiger partial charge on any atom is -0.375 e. The van der Waals surface area contributed by atoms with Gasteiger partial charge in [0.1, 0.15) is 6.10 Å². The van der Waals surface area contributed by atoms with E-state index in [0.717, 1.165) is 25.0 Å². The largest absolute Gasteiger partial charge is 0.375 e. The third kappa shape index (κ3) is 4.50. The molecule has 0 aromatic carbocycles. The fourth-order valence-electron chi connectivity index (χ4n) is 2.09. The van der Waals surface area contributed by atoms with Crippen molar-refractivity contribution in [3.05, 3.63) is 22.8 Å². The van der Waals surface area contributed by atoms with E-state index in [4.69, 9.17) is 15.0 Å². The van der Waals surface area contributed by atoms with Crippen LogP contribution in [0.4, 0.5) is 5.13 Å². The fourth-order valence-corrected chi connectivity index (χ4v) is 2.69. The van der Waals surface area contributed by atoms with E-state index in [2.05, 4.69) is 29.0 Å². The van der Waals surface area contributed by atoms with Crippen LogP contribution in [0.15, 0.2) is 9.90 Å². The van der Waals surface area contributed by atoms with Gasteiger partial charge < -0.3 is 15.0 Å². The number of thiazole rings is 1. The lowest BCUT2D eigenvalue weighted by Gasteiger charge is -2.16. The van der Waals surface area contributed by atoms with Crippen molar-refractivity contribution in [2.45, 2.75) is 46.1 Å². The number of aryl methyl sites for hydroxylation is 2. The van der Waals surface area contributed by atoms with Gasteiger partial charge in [0.15, 0.2) is 5.13 Å². The zero-order chi connectivity index (χ0) is 15.2. The van der Waals surface area contributed by atoms with Gasteiger partial charge in [-0.15, -0.1) is 11.3 Å². The normalized spacial score (nSPS) is 13.0. The molecule has 0 aliphatic carbocycles. The summed E-state index contributed by atoms with van der Waals surface area (Å²) in [6, 6.07) is 0. The molecule has 2 heterocycles. The highest BCUT2D eigenvalue weighted by Gasteiger charge is 2.21. The smallest absolute Gasteiger partial charge is 0.226 e. The van der Waals surface area contributed by atoms with Crippen LogP contribution in [0.1, 0.15) is 50.7 Å². The lowest BCUT2D eigenvalue weighted by molar-refractivity contribution is 0.0217. The van der Waals surface area contributed by atoms with Gasteiger partial charge in [0.05, 0.1) is 5.69 Å². The van der Waals surface area contributed by atoms with E-state index in [0.29, 0.717) is 29.4 Å². The molecule has 0 aliphatic heterocycles. The number of nitrogen functional groups attached to an aromatic ring is 1. The molecule has 2 aromatic heterocycles. The van der Waals surface area contributed by atoms with Gasteiger partial charge in [0.25, 0.3) is 0 Å². The third-order valence-corrected chi connectivity index (χ3v) is 3.81. The Morgan fingerprint density at radius 3 is 2.76 bits per heavy atom. The quantitative estimate of drug-likeness (QED) is 0.806. The number of ether oxygens (including phenoxy) is 1. The number of nitrogens with zero attached hydrogens (tertiary/aromatic N) is 3. The van der Waals surface area contributed by atoms with E-state index in [1.165, 1.54) is 11.3 Å². The summed E-state index contributed by atoms with van der Waals surface area (Å²) in [5.74, 6) is 1.60. The van der Waals surface area contributed by atoms with E-state index in [9.17, 15) is 0 Å². The Morgan fingerprint density at radius 1 is 1.33 bits per heavy atom. The van der Waals surface area contributed by atoms with Gasteiger partial charge in [-0.2, -0.15) is 4.98 Å². The average Bonchev–Trinajstić information content (AvgIpc) is 3.05. The van der Waals surface area contributed by atoms with Gasteiger partial charge in [0, 0.05) is 18.4 Å². The van der Waals surface area contributed by atoms with Crippen molar-refractivity contribution < 1.29 is 9.26 Å². The topological polar surface area (TPSA) is 87.1 Å². The predicted molar refractivity (Wildman–Crippen MR) is 82.1 cm³/mol. The maximum Gasteiger partial charge on any atom is 0.226 e. The number of nitrogens with two attached hydrogens (primary N) is 1. The van der Waals surface area contributed by atoms with Crippen LogP contribution in [0.2, 0.25) is 0 Å². The molecule has 0 fully saturated rings. The van der Waals surface area contributed by atoms with Crippen LogP contribution in [-0.4, -0.2) is 21.7 Å². The van der Waals surface area contributed by atoms with Crippen LogP contribution in [0.25, 0.3) is 0 Å². The number of rotatable bonds is 8. The molecule has 2 aromatic rings. The van der Waals surface area contributed by atoms with Crippen molar-refractivity contribution in [2.75, 3.05) is 12.3 Å². The van der Waals surface area contributed by atoms with Crippen LogP contribution in [-0.2, 0) is 17.6 Å². The first-order valence-corrected chi connectivity index (χ1v) is 8.12. The first-order chi connectivity index (χ1) is 10.1. The molecule has 0 saturated heterocycles. The zero-order valence-corrected chi connectivity index (χ0v) is 13.5. The van der Waals surface area contributed by atoms with Crippen molar-refractivity contribution in [3.8, 4) is 0 Å². The van der Waals surface area contributed by atoms with Gasteiger partial charge in [0.2, 0.25) is 11.7 Å². The summed E-state index contributed by atoms with van der Waals surface area (Å²) in [5.41, 5.74) is 6.63. The Bertz CT molecular complexity index is 553. The first kappa shape index (κ1) is 15.9. The van der Waals surface area contributed by atoms with Crippen molar-refractivity contribution in [2.24, 2.45) is 5.92 Å². The van der Waals surface area contributed by atoms with Crippen LogP contribution < -0.4 is 5.73 Å². The van der Waals surface area contributed by atoms with E-state index in [1.54, 1.807) is 0 Å². The molecule has 7 heteroatoms. The zero-order valence-electron chi connectivity index (χ0n) is 12.7. The molecular formula is C14H22N4O2S. The molecule has 6 nitrogen and oxygen atoms in total. The second kappa shape index (κ2) is 7.51. The number of hydrogen-bond acceptors (Lipinski definition) is 7. The van der Waals surface area contributed by atoms with Gasteiger partial charge >= 0.3 is 0 Å². The Morgan fingerprint density at radius 2 is 2.14 bits per heavy atom. The molecule has 21 heavy (non-hydrogen) atoms. The van der Waals surface area contributed by atoms with Gasteiger partial charge in [-0.3, -0.25) is 0 Å². The molecule has 1 unspecified atom stereocenters. The fraction of sp³-hybridized carbons (Fsp3) is 0.643. The highest BCUT2D eigenvalue weighted by Crippen LogP contribution is 2.23. The highest BCUT2D eigenvalue weighted by atomic mass is 32.1. The molecule has 2 rings (SSSR count). The van der Waals surface area contributed by atoms with E-state index in [-0.39, 0.29) is 6.10 Å². The maximum atomic E-state index is 5.67. The molecule has 1 atom stereocenters. The Labute approximate surface area is 128 Å². The second-order valence-corrected chi connectivity index (χ2v) is 6.09. The summed E-state index contributed by atoms with van der Waals surface area (Å²) in [7, 11) is 0. The number of anilines is 1. The molecule has 116 valence electrons. The number of hydrogen-bond donors (Lipinski definition) is 1. The summed E-state index contributed by atoms with van der Waals surface area (Å²) >= 11 is 1.47. The summed E-state index contributed by atoms with van der Waals surface area (Å²) in [6.45, 7) is 6.78. The van der Waals surface area contributed by atoms with Crippen molar-refractivity contribution in [3.63, 3.8) is 0 Å². The van der Waals surface area contributed by atoms with Crippen molar-refractivity contribution in [1.29, 1.82) is 0 Å². The first-order valence-electron chi connectivity index (χ1n) is 7.24. The predicted octanol–water partition coefficient (Wildman–Crippen LogP) is 3.02. The summed E-state index contributed by atoms with van der Waals surface area (Å²) < 4.78 is 11.0. The summed E-state index contributed by atoms with van der Waals surface area (Å²) in [4.78, 5) is 8.67. The average molecular weight is 310 g/mol. The van der Waals surface area contributed by atoms with E-state index in [1.807, 2.05) is 12.3 Å². The summed E-state index contributed by atoms with van der Waals surface area (Å²) in [6.07, 6.45) is 2.41. The van der Waals surface area contributed by atoms with Crippen LogP contribution in [0, 0.1) is 5.92 Å². The molecular weight excluding hydrogens is 288 g/mol. The Kier molecular flexibility index (Phi) is 5.69. The third-order valence-electron chi connectivity index (χ3n) is 3.08. The van der Waals surface area contributed by atoms with Gasteiger partial charge in [-0.05, 0) is 25.7 Å². The standard InChI is InChI=1S/C14H22N4O2S/c1-4-19-12(9(2)3)13-17-11(20-18-13)7-5-6-10-8-21-14(15)16-10/h8-9,12H,4-7H2,1-3H3,(H2,15,16). The Hall–Kier alpha value is -1.47. The second-order valence-electron chi connectivity index (χ2n) is 5.20. The van der Waals surface area contributed by atoms with Gasteiger partial charge in [-0.1, -0.05) is 19.0 Å². The number of aromatic nitrogens is 3. The van der Waals surface area contributed by atoms with Gasteiger partial charge in [-0.25, -0.2) is 4.98 Å². The molecule has 0 bridgehead atoms. The molecule has 0 radical (unpaired) electrons. The van der Waals surface area contributed by atoms with E-state index >= 15 is 0 Å². The lowest BCUT2D eigenvalue weighted by Crippen LogP contribution is -2.12. The lowest BCUT2D eigenvalue weighted by atomic mass is 10.1. The summed E-state index contributed by atoms with van der Waals surface area (Å²) in [5, 5.41) is 6.64. The molecule has 0 spiro atoms. The molecule has 2 N–H and O–H groups in total. The minimum absolute atomic E-state index is 0.106. The van der Waals surface area contributed by atoms with Crippen LogP contribution in [0.5, 0.6) is 0 Å². The van der Waals surface area contributed by atoms with Crippen molar-refractivity contribution >= 4 is 16.5 Å². The van der Waals surface area contributed by atoms with Crippen LogP contribution >= 0.6 is 11.3 Å². The van der Waals surface area contributed by atoms with E-state index < -0.39 is 0 Å². The maximum absolute atomic E-state index is 5.67. The minimum atomic E-state index is -0.106. The van der Waals surface area contributed by atoms with Crippen LogP contribution in [0.3, 0.4) is 0 Å². The monoisotopic (exact) mass is 310 g/mol. The SMILES string of the molecule is CCOC(c1noc(CCCc2csc(N)n2)n1)C(C)C. The molecule has 0 aliphatic rings.